The smallest absolute Gasteiger partial charge is 0.134 e. The van der Waals surface area contributed by atoms with Gasteiger partial charge in [-0.25, -0.2) is 0 Å². The monoisotopic (exact) mass is 341 g/mol. The first-order valence-electron chi connectivity index (χ1n) is 9.82. The molecule has 4 heteroatoms. The molecule has 3 atom stereocenters. The standard InChI is InChI=1S/C21H27NO3/c23-16-5-4-15-10-19-21(25)7-6-17(24)12-20(21,18(15)11-16)8-9-22(19)13-14-2-1-3-14/h4-5,11,14,19,23,25H,1-3,6-10,12-13H2/t19-,20-,21?/m1/s1. The van der Waals surface area contributed by atoms with Crippen LogP contribution in [0.15, 0.2) is 18.2 Å². The van der Waals surface area contributed by atoms with E-state index in [-0.39, 0.29) is 17.6 Å². The van der Waals surface area contributed by atoms with Gasteiger partial charge in [-0.3, -0.25) is 9.69 Å². The zero-order valence-corrected chi connectivity index (χ0v) is 14.7. The molecule has 0 aromatic heterocycles. The average Bonchev–Trinajstić information content (AvgIpc) is 2.54. The van der Waals surface area contributed by atoms with Gasteiger partial charge in [0.25, 0.3) is 0 Å². The molecule has 1 saturated heterocycles. The Hall–Kier alpha value is -1.39. The minimum Gasteiger partial charge on any atom is -0.508 e. The third-order valence-corrected chi connectivity index (χ3v) is 7.67. The van der Waals surface area contributed by atoms with Gasteiger partial charge < -0.3 is 10.2 Å². The number of likely N-dealkylation sites (tertiary alicyclic amines) is 1. The molecule has 1 heterocycles. The second kappa shape index (κ2) is 5.31. The lowest BCUT2D eigenvalue weighted by atomic mass is 9.49. The number of carbonyl (C=O) groups excluding carboxylic acids is 1. The number of benzene rings is 1. The normalized spacial score (nSPS) is 38.0. The van der Waals surface area contributed by atoms with Crippen LogP contribution in [0.25, 0.3) is 0 Å². The third kappa shape index (κ3) is 2.10. The average molecular weight is 341 g/mol. The van der Waals surface area contributed by atoms with Gasteiger partial charge in [0.2, 0.25) is 0 Å². The lowest BCUT2D eigenvalue weighted by Gasteiger charge is -2.63. The van der Waals surface area contributed by atoms with Gasteiger partial charge in [-0.1, -0.05) is 12.5 Å². The number of phenolic OH excluding ortho intramolecular Hbond substituents is 1. The fraction of sp³-hybridized carbons (Fsp3) is 0.667. The number of aliphatic hydroxyl groups is 1. The highest BCUT2D eigenvalue weighted by atomic mass is 16.3. The number of aromatic hydroxyl groups is 1. The van der Waals surface area contributed by atoms with Crippen LogP contribution in [0.2, 0.25) is 0 Å². The van der Waals surface area contributed by atoms with Crippen LogP contribution < -0.4 is 0 Å². The fourth-order valence-electron chi connectivity index (χ4n) is 6.11. The molecule has 1 aromatic carbocycles. The van der Waals surface area contributed by atoms with Gasteiger partial charge in [0.1, 0.15) is 11.5 Å². The molecule has 3 aliphatic carbocycles. The number of rotatable bonds is 2. The van der Waals surface area contributed by atoms with E-state index in [0.29, 0.717) is 19.3 Å². The Kier molecular flexibility index (Phi) is 3.36. The second-order valence-corrected chi connectivity index (χ2v) is 8.83. The molecule has 3 fully saturated rings. The van der Waals surface area contributed by atoms with E-state index in [0.717, 1.165) is 37.4 Å². The van der Waals surface area contributed by atoms with Crippen molar-refractivity contribution in [2.75, 3.05) is 13.1 Å². The van der Waals surface area contributed by atoms with Gasteiger partial charge in [-0.05, 0) is 67.8 Å². The van der Waals surface area contributed by atoms with Gasteiger partial charge in [-0.15, -0.1) is 0 Å². The van der Waals surface area contributed by atoms with E-state index in [4.69, 9.17) is 0 Å². The zero-order valence-electron chi connectivity index (χ0n) is 14.7. The SMILES string of the molecule is O=C1CCC2(O)[C@H]3Cc4ccc(O)cc4[C@@]2(CCN3CC2CCC2)C1. The van der Waals surface area contributed by atoms with Crippen molar-refractivity contribution in [2.45, 2.75) is 68.4 Å². The summed E-state index contributed by atoms with van der Waals surface area (Å²) >= 11 is 0. The Labute approximate surface area is 148 Å². The van der Waals surface area contributed by atoms with E-state index in [1.807, 2.05) is 12.1 Å². The molecule has 1 aromatic rings. The minimum absolute atomic E-state index is 0.104. The Bertz CT molecular complexity index is 728. The van der Waals surface area contributed by atoms with Crippen LogP contribution in [0.5, 0.6) is 5.75 Å². The highest BCUT2D eigenvalue weighted by molar-refractivity contribution is 5.82. The molecule has 0 spiro atoms. The molecule has 0 radical (unpaired) electrons. The lowest BCUT2D eigenvalue weighted by Crippen LogP contribution is -2.73. The van der Waals surface area contributed by atoms with Crippen molar-refractivity contribution < 1.29 is 15.0 Å². The number of hydrogen-bond acceptors (Lipinski definition) is 4. The first-order valence-corrected chi connectivity index (χ1v) is 9.82. The molecule has 5 rings (SSSR count). The number of nitrogens with zero attached hydrogens (tertiary/aromatic N) is 1. The maximum absolute atomic E-state index is 12.4. The summed E-state index contributed by atoms with van der Waals surface area (Å²) in [4.78, 5) is 14.9. The summed E-state index contributed by atoms with van der Waals surface area (Å²) in [5.41, 5.74) is 0.891. The number of ketones is 1. The van der Waals surface area contributed by atoms with Crippen molar-refractivity contribution in [3.05, 3.63) is 29.3 Å². The van der Waals surface area contributed by atoms with Crippen molar-refractivity contribution in [3.8, 4) is 5.75 Å². The van der Waals surface area contributed by atoms with Crippen molar-refractivity contribution in [2.24, 2.45) is 5.92 Å². The number of fused-ring (bicyclic) bond motifs is 1. The van der Waals surface area contributed by atoms with E-state index in [2.05, 4.69) is 4.90 Å². The summed E-state index contributed by atoms with van der Waals surface area (Å²) in [6, 6.07) is 5.67. The maximum atomic E-state index is 12.4. The number of Topliss-reactive ketones (excluding diaryl/α,β-unsaturated/α-hetero) is 1. The van der Waals surface area contributed by atoms with Gasteiger partial charge in [0.05, 0.1) is 5.60 Å². The van der Waals surface area contributed by atoms with E-state index in [1.165, 1.54) is 24.8 Å². The molecule has 0 amide bonds. The molecule has 2 N–H and O–H groups in total. The molecule has 2 bridgehead atoms. The molecular formula is C21H27NO3. The summed E-state index contributed by atoms with van der Waals surface area (Å²) in [5.74, 6) is 1.28. The predicted octanol–water partition coefficient (Wildman–Crippen LogP) is 2.54. The number of hydrogen-bond donors (Lipinski definition) is 2. The molecule has 25 heavy (non-hydrogen) atoms. The lowest BCUT2D eigenvalue weighted by molar-refractivity contribution is -0.174. The molecule has 1 unspecified atom stereocenters. The highest BCUT2D eigenvalue weighted by Gasteiger charge is 2.64. The van der Waals surface area contributed by atoms with Crippen molar-refractivity contribution in [1.29, 1.82) is 0 Å². The topological polar surface area (TPSA) is 60.8 Å². The Morgan fingerprint density at radius 2 is 2.08 bits per heavy atom. The number of phenols is 1. The summed E-state index contributed by atoms with van der Waals surface area (Å²) in [6.45, 7) is 2.04. The first-order chi connectivity index (χ1) is 12.0. The van der Waals surface area contributed by atoms with Crippen LogP contribution in [0.3, 0.4) is 0 Å². The van der Waals surface area contributed by atoms with Crippen LogP contribution in [-0.4, -0.2) is 45.6 Å². The minimum atomic E-state index is -0.844. The molecule has 134 valence electrons. The zero-order chi connectivity index (χ0) is 17.2. The Morgan fingerprint density at radius 3 is 2.84 bits per heavy atom. The maximum Gasteiger partial charge on any atom is 0.134 e. The van der Waals surface area contributed by atoms with Gasteiger partial charge in [0, 0.05) is 30.8 Å². The molecule has 1 aliphatic heterocycles. The van der Waals surface area contributed by atoms with Crippen LogP contribution in [-0.2, 0) is 16.6 Å². The number of piperidine rings is 1. The van der Waals surface area contributed by atoms with Crippen LogP contribution in [0.1, 0.15) is 56.1 Å². The highest BCUT2D eigenvalue weighted by Crippen LogP contribution is 2.58. The largest absolute Gasteiger partial charge is 0.508 e. The summed E-state index contributed by atoms with van der Waals surface area (Å²) in [6.07, 6.45) is 7.09. The predicted molar refractivity (Wildman–Crippen MR) is 94.6 cm³/mol. The van der Waals surface area contributed by atoms with Gasteiger partial charge >= 0.3 is 0 Å². The summed E-state index contributed by atoms with van der Waals surface area (Å²) in [7, 11) is 0. The van der Waals surface area contributed by atoms with Crippen LogP contribution in [0, 0.1) is 5.92 Å². The second-order valence-electron chi connectivity index (χ2n) is 8.83. The van der Waals surface area contributed by atoms with Crippen molar-refractivity contribution in [1.82, 2.24) is 4.90 Å². The summed E-state index contributed by atoms with van der Waals surface area (Å²) in [5, 5.41) is 22.0. The quantitative estimate of drug-likeness (QED) is 0.868. The van der Waals surface area contributed by atoms with Gasteiger partial charge in [-0.2, -0.15) is 0 Å². The van der Waals surface area contributed by atoms with Crippen LogP contribution >= 0.6 is 0 Å². The van der Waals surface area contributed by atoms with E-state index in [1.54, 1.807) is 6.07 Å². The van der Waals surface area contributed by atoms with E-state index in [9.17, 15) is 15.0 Å². The molecule has 2 saturated carbocycles. The van der Waals surface area contributed by atoms with E-state index < -0.39 is 11.0 Å². The van der Waals surface area contributed by atoms with Gasteiger partial charge in [0.15, 0.2) is 0 Å². The first kappa shape index (κ1) is 15.8. The number of carbonyl (C=O) groups is 1. The molecule has 4 aliphatic rings. The Morgan fingerprint density at radius 1 is 1.24 bits per heavy atom. The summed E-state index contributed by atoms with van der Waals surface area (Å²) < 4.78 is 0. The third-order valence-electron chi connectivity index (χ3n) is 7.67. The van der Waals surface area contributed by atoms with Crippen LogP contribution in [0.4, 0.5) is 0 Å². The van der Waals surface area contributed by atoms with Crippen molar-refractivity contribution >= 4 is 5.78 Å². The van der Waals surface area contributed by atoms with E-state index >= 15 is 0 Å². The fourth-order valence-corrected chi connectivity index (χ4v) is 6.11. The molecule has 4 nitrogen and oxygen atoms in total. The van der Waals surface area contributed by atoms with Crippen molar-refractivity contribution in [3.63, 3.8) is 0 Å². The Balaban J connectivity index is 1.61. The molecular weight excluding hydrogens is 314 g/mol.